The third-order valence-corrected chi connectivity index (χ3v) is 5.07. The third-order valence-electron chi connectivity index (χ3n) is 5.07. The van der Waals surface area contributed by atoms with Crippen LogP contribution in [-0.4, -0.2) is 56.5 Å². The number of hydrogen-bond acceptors (Lipinski definition) is 3. The van der Waals surface area contributed by atoms with E-state index in [4.69, 9.17) is 0 Å². The van der Waals surface area contributed by atoms with Gasteiger partial charge in [0.25, 0.3) is 5.91 Å². The fraction of sp³-hybridized carbons (Fsp3) is 0.417. The van der Waals surface area contributed by atoms with Gasteiger partial charge < -0.3 is 16.0 Å². The first-order valence-electron chi connectivity index (χ1n) is 10.6. The first kappa shape index (κ1) is 26.9. The van der Waals surface area contributed by atoms with Crippen molar-refractivity contribution < 1.29 is 4.79 Å². The number of amides is 1. The van der Waals surface area contributed by atoms with Gasteiger partial charge in [0, 0.05) is 44.8 Å². The highest BCUT2D eigenvalue weighted by molar-refractivity contribution is 14.0. The van der Waals surface area contributed by atoms with Crippen molar-refractivity contribution in [3.8, 4) is 0 Å². The van der Waals surface area contributed by atoms with Crippen LogP contribution in [0, 0.1) is 0 Å². The molecule has 7 heteroatoms. The summed E-state index contributed by atoms with van der Waals surface area (Å²) in [6.45, 7) is 5.42. The van der Waals surface area contributed by atoms with Crippen LogP contribution < -0.4 is 16.0 Å². The average Bonchev–Trinajstić information content (AvgIpc) is 2.78. The number of nitrogens with zero attached hydrogens (tertiary/aromatic N) is 2. The molecule has 0 aliphatic heterocycles. The van der Waals surface area contributed by atoms with Crippen molar-refractivity contribution in [1.82, 2.24) is 20.9 Å². The Morgan fingerprint density at radius 1 is 0.935 bits per heavy atom. The van der Waals surface area contributed by atoms with Gasteiger partial charge in [-0.3, -0.25) is 14.7 Å². The Bertz CT molecular complexity index is 770. The van der Waals surface area contributed by atoms with Gasteiger partial charge in [-0.25, -0.2) is 0 Å². The van der Waals surface area contributed by atoms with Crippen LogP contribution in [0.4, 0.5) is 0 Å². The molecule has 0 aromatic heterocycles. The lowest BCUT2D eigenvalue weighted by Crippen LogP contribution is -2.41. The highest BCUT2D eigenvalue weighted by Gasteiger charge is 2.10. The lowest BCUT2D eigenvalue weighted by atomic mass is 10.1. The van der Waals surface area contributed by atoms with Crippen LogP contribution in [0.1, 0.15) is 35.7 Å². The second-order valence-electron chi connectivity index (χ2n) is 7.44. The summed E-state index contributed by atoms with van der Waals surface area (Å²) in [5.41, 5.74) is 2.02. The molecule has 1 amide bonds. The van der Waals surface area contributed by atoms with Crippen LogP contribution in [0.2, 0.25) is 0 Å². The van der Waals surface area contributed by atoms with Gasteiger partial charge in [-0.15, -0.1) is 24.0 Å². The quantitative estimate of drug-likeness (QED) is 0.178. The monoisotopic (exact) mass is 537 g/mol. The minimum atomic E-state index is -0.0354. The van der Waals surface area contributed by atoms with Crippen molar-refractivity contribution in [3.63, 3.8) is 0 Å². The molecule has 0 bridgehead atoms. The van der Waals surface area contributed by atoms with Gasteiger partial charge in [-0.1, -0.05) is 48.5 Å². The van der Waals surface area contributed by atoms with E-state index in [1.807, 2.05) is 36.4 Å². The van der Waals surface area contributed by atoms with E-state index in [1.165, 1.54) is 5.56 Å². The predicted molar refractivity (Wildman–Crippen MR) is 140 cm³/mol. The summed E-state index contributed by atoms with van der Waals surface area (Å²) < 4.78 is 0. The maximum absolute atomic E-state index is 12.0. The lowest BCUT2D eigenvalue weighted by molar-refractivity contribution is 0.0953. The van der Waals surface area contributed by atoms with Gasteiger partial charge in [-0.05, 0) is 44.5 Å². The average molecular weight is 537 g/mol. The first-order valence-corrected chi connectivity index (χ1v) is 10.6. The Morgan fingerprint density at radius 2 is 1.52 bits per heavy atom. The van der Waals surface area contributed by atoms with Gasteiger partial charge >= 0.3 is 0 Å². The molecular formula is C24H36IN5O. The lowest BCUT2D eigenvalue weighted by Gasteiger charge is -2.25. The fourth-order valence-electron chi connectivity index (χ4n) is 3.06. The number of guanidine groups is 1. The molecule has 2 rings (SSSR count). The van der Waals surface area contributed by atoms with Crippen LogP contribution in [0.3, 0.4) is 0 Å². The zero-order valence-electron chi connectivity index (χ0n) is 18.8. The fourth-order valence-corrected chi connectivity index (χ4v) is 3.06. The summed E-state index contributed by atoms with van der Waals surface area (Å²) in [4.78, 5) is 18.6. The van der Waals surface area contributed by atoms with E-state index in [0.29, 0.717) is 18.2 Å². The van der Waals surface area contributed by atoms with E-state index in [-0.39, 0.29) is 29.9 Å². The zero-order chi connectivity index (χ0) is 21.6. The molecule has 0 aliphatic rings. The number of rotatable bonds is 11. The number of halogens is 1. The summed E-state index contributed by atoms with van der Waals surface area (Å²) in [6.07, 6.45) is 1.85. The number of benzene rings is 2. The minimum absolute atomic E-state index is 0. The number of nitrogens with one attached hydrogen (secondary N) is 3. The molecule has 1 unspecified atom stereocenters. The molecule has 3 N–H and O–H groups in total. The Morgan fingerprint density at radius 3 is 2.16 bits per heavy atom. The van der Waals surface area contributed by atoms with Crippen LogP contribution in [0.5, 0.6) is 0 Å². The number of carbonyl (C=O) groups excluding carboxylic acids is 1. The molecule has 0 spiro atoms. The van der Waals surface area contributed by atoms with Gasteiger partial charge in [-0.2, -0.15) is 0 Å². The van der Waals surface area contributed by atoms with E-state index in [0.717, 1.165) is 38.4 Å². The molecule has 0 saturated heterocycles. The summed E-state index contributed by atoms with van der Waals surface area (Å²) in [6, 6.07) is 20.3. The molecule has 0 fully saturated rings. The van der Waals surface area contributed by atoms with Crippen molar-refractivity contribution in [2.75, 3.05) is 33.7 Å². The highest BCUT2D eigenvalue weighted by Crippen LogP contribution is 2.07. The Hall–Kier alpha value is -2.13. The van der Waals surface area contributed by atoms with E-state index >= 15 is 0 Å². The second kappa shape index (κ2) is 15.6. The smallest absolute Gasteiger partial charge is 0.251 e. The molecule has 0 aliphatic carbocycles. The molecule has 1 atom stereocenters. The maximum atomic E-state index is 12.0. The standard InChI is InChI=1S/C24H35N5O.HI/c1-20(29(3)19-21-11-6-4-7-12-21)15-18-28-24(25-2)27-17-10-16-26-23(30)22-13-8-5-9-14-22;/h4-9,11-14,20H,10,15-19H2,1-3H3,(H,26,30)(H2,25,27,28);1H. The van der Waals surface area contributed by atoms with Crippen molar-refractivity contribution >= 4 is 35.8 Å². The third kappa shape index (κ3) is 10.6. The summed E-state index contributed by atoms with van der Waals surface area (Å²) in [7, 11) is 3.94. The first-order chi connectivity index (χ1) is 14.6. The molecule has 2 aromatic rings. The maximum Gasteiger partial charge on any atom is 0.251 e. The van der Waals surface area contributed by atoms with Crippen molar-refractivity contribution in [1.29, 1.82) is 0 Å². The predicted octanol–water partition coefficient (Wildman–Crippen LogP) is 3.50. The number of hydrogen-bond donors (Lipinski definition) is 3. The summed E-state index contributed by atoms with van der Waals surface area (Å²) >= 11 is 0. The van der Waals surface area contributed by atoms with Crippen LogP contribution >= 0.6 is 24.0 Å². The zero-order valence-corrected chi connectivity index (χ0v) is 21.1. The van der Waals surface area contributed by atoms with Crippen LogP contribution in [-0.2, 0) is 6.54 Å². The van der Waals surface area contributed by atoms with Crippen LogP contribution in [0.25, 0.3) is 0 Å². The Balaban J connectivity index is 0.00000480. The van der Waals surface area contributed by atoms with E-state index in [9.17, 15) is 4.79 Å². The molecule has 0 saturated carbocycles. The van der Waals surface area contributed by atoms with Gasteiger partial charge in [0.15, 0.2) is 5.96 Å². The highest BCUT2D eigenvalue weighted by atomic mass is 127. The minimum Gasteiger partial charge on any atom is -0.356 e. The molecule has 6 nitrogen and oxygen atoms in total. The van der Waals surface area contributed by atoms with E-state index < -0.39 is 0 Å². The molecule has 0 heterocycles. The van der Waals surface area contributed by atoms with Gasteiger partial charge in [0.2, 0.25) is 0 Å². The normalized spacial score (nSPS) is 12.1. The van der Waals surface area contributed by atoms with Gasteiger partial charge in [0.1, 0.15) is 0 Å². The Kier molecular flexibility index (Phi) is 13.6. The topological polar surface area (TPSA) is 68.8 Å². The molecule has 2 aromatic carbocycles. The molecule has 31 heavy (non-hydrogen) atoms. The SMILES string of the molecule is CN=C(NCCCNC(=O)c1ccccc1)NCCC(C)N(C)Cc1ccccc1.I. The van der Waals surface area contributed by atoms with Crippen molar-refractivity contribution in [3.05, 3.63) is 71.8 Å². The van der Waals surface area contributed by atoms with Crippen molar-refractivity contribution in [2.45, 2.75) is 32.4 Å². The summed E-state index contributed by atoms with van der Waals surface area (Å²) in [5.74, 6) is 0.758. The number of aliphatic imine (C=N–C) groups is 1. The molecular weight excluding hydrogens is 501 g/mol. The van der Waals surface area contributed by atoms with Crippen LogP contribution in [0.15, 0.2) is 65.7 Å². The van der Waals surface area contributed by atoms with E-state index in [2.05, 4.69) is 64.1 Å². The molecule has 0 radical (unpaired) electrons. The largest absolute Gasteiger partial charge is 0.356 e. The van der Waals surface area contributed by atoms with E-state index in [1.54, 1.807) is 7.05 Å². The number of carbonyl (C=O) groups is 1. The molecule has 170 valence electrons. The van der Waals surface area contributed by atoms with Gasteiger partial charge in [0.05, 0.1) is 0 Å². The Labute approximate surface area is 203 Å². The second-order valence-corrected chi connectivity index (χ2v) is 7.44. The van der Waals surface area contributed by atoms with Crippen molar-refractivity contribution in [2.24, 2.45) is 4.99 Å². The summed E-state index contributed by atoms with van der Waals surface area (Å²) in [5, 5.41) is 9.61.